The predicted molar refractivity (Wildman–Crippen MR) is 113 cm³/mol. The van der Waals surface area contributed by atoms with E-state index in [9.17, 15) is 14.7 Å². The van der Waals surface area contributed by atoms with Crippen LogP contribution in [0.4, 0.5) is 0 Å². The molecule has 0 saturated heterocycles. The minimum absolute atomic E-state index is 0.0263. The third-order valence-corrected chi connectivity index (χ3v) is 5.77. The maximum atomic E-state index is 12.8. The zero-order chi connectivity index (χ0) is 21.1. The monoisotopic (exact) mass is 385 g/mol. The van der Waals surface area contributed by atoms with Gasteiger partial charge in [-0.25, -0.2) is 0 Å². The summed E-state index contributed by atoms with van der Waals surface area (Å²) in [5, 5.41) is 10.4. The summed E-state index contributed by atoms with van der Waals surface area (Å²) in [5.74, 6) is -0.702. The quantitative estimate of drug-likeness (QED) is 0.644. The summed E-state index contributed by atoms with van der Waals surface area (Å²) in [7, 11) is 0. The SMILES string of the molecule is CCCC[C@H](CC)CN1C(=O)C(O)=C(C(C)=O)[C@H]1c1ccc(C(C)(C)C)cc1. The summed E-state index contributed by atoms with van der Waals surface area (Å²) in [6.07, 6.45) is 4.24. The molecule has 4 heteroatoms. The molecule has 1 N–H and O–H groups in total. The van der Waals surface area contributed by atoms with E-state index in [1.807, 2.05) is 12.1 Å². The second kappa shape index (κ2) is 8.93. The molecule has 1 heterocycles. The Morgan fingerprint density at radius 3 is 2.25 bits per heavy atom. The predicted octanol–water partition coefficient (Wildman–Crippen LogP) is 5.48. The molecule has 0 unspecified atom stereocenters. The summed E-state index contributed by atoms with van der Waals surface area (Å²) >= 11 is 0. The smallest absolute Gasteiger partial charge is 0.290 e. The average molecular weight is 386 g/mol. The number of aliphatic hydroxyl groups excluding tert-OH is 1. The lowest BCUT2D eigenvalue weighted by Gasteiger charge is -2.30. The van der Waals surface area contributed by atoms with E-state index in [4.69, 9.17) is 0 Å². The highest BCUT2D eigenvalue weighted by Crippen LogP contribution is 2.39. The van der Waals surface area contributed by atoms with Crippen molar-refractivity contribution in [3.05, 3.63) is 46.7 Å². The Bertz CT molecular complexity index is 740. The van der Waals surface area contributed by atoms with Gasteiger partial charge < -0.3 is 10.0 Å². The van der Waals surface area contributed by atoms with Crippen molar-refractivity contribution in [1.82, 2.24) is 4.90 Å². The van der Waals surface area contributed by atoms with Gasteiger partial charge in [-0.05, 0) is 35.8 Å². The molecule has 4 nitrogen and oxygen atoms in total. The molecule has 1 aromatic carbocycles. The Hall–Kier alpha value is -2.10. The van der Waals surface area contributed by atoms with Crippen molar-refractivity contribution >= 4 is 11.7 Å². The molecule has 0 fully saturated rings. The number of benzene rings is 1. The van der Waals surface area contributed by atoms with E-state index in [1.54, 1.807) is 4.90 Å². The molecule has 1 aliphatic heterocycles. The van der Waals surface area contributed by atoms with E-state index in [1.165, 1.54) is 12.5 Å². The van der Waals surface area contributed by atoms with Gasteiger partial charge in [0, 0.05) is 6.54 Å². The number of amides is 1. The van der Waals surface area contributed by atoms with Crippen LogP contribution in [-0.2, 0) is 15.0 Å². The molecule has 154 valence electrons. The zero-order valence-corrected chi connectivity index (χ0v) is 18.2. The fraction of sp³-hybridized carbons (Fsp3) is 0.583. The highest BCUT2D eigenvalue weighted by atomic mass is 16.3. The van der Waals surface area contributed by atoms with Crippen molar-refractivity contribution in [2.75, 3.05) is 6.54 Å². The van der Waals surface area contributed by atoms with Crippen LogP contribution in [0.1, 0.15) is 84.4 Å². The van der Waals surface area contributed by atoms with E-state index in [-0.39, 0.29) is 22.5 Å². The Labute approximate surface area is 169 Å². The highest BCUT2D eigenvalue weighted by Gasteiger charge is 2.42. The van der Waals surface area contributed by atoms with Crippen molar-refractivity contribution in [2.45, 2.75) is 78.7 Å². The van der Waals surface area contributed by atoms with Gasteiger partial charge in [-0.15, -0.1) is 0 Å². The number of rotatable bonds is 8. The first-order chi connectivity index (χ1) is 13.1. The molecule has 1 amide bonds. The number of Topliss-reactive ketones (excluding diaryl/α,β-unsaturated/α-hetero) is 1. The molecule has 0 aromatic heterocycles. The van der Waals surface area contributed by atoms with Gasteiger partial charge >= 0.3 is 0 Å². The van der Waals surface area contributed by atoms with Crippen molar-refractivity contribution < 1.29 is 14.7 Å². The van der Waals surface area contributed by atoms with Crippen LogP contribution in [0, 0.1) is 5.92 Å². The third kappa shape index (κ3) is 4.65. The maximum absolute atomic E-state index is 12.8. The van der Waals surface area contributed by atoms with E-state index < -0.39 is 11.9 Å². The number of nitrogens with zero attached hydrogens (tertiary/aromatic N) is 1. The normalized spacial score (nSPS) is 18.7. The molecule has 0 spiro atoms. The largest absolute Gasteiger partial charge is 0.503 e. The van der Waals surface area contributed by atoms with Crippen LogP contribution in [0.3, 0.4) is 0 Å². The molecule has 1 aromatic rings. The van der Waals surface area contributed by atoms with Gasteiger partial charge in [-0.1, -0.05) is 78.1 Å². The summed E-state index contributed by atoms with van der Waals surface area (Å²) in [4.78, 5) is 26.8. The number of hydrogen-bond donors (Lipinski definition) is 1. The average Bonchev–Trinajstić information content (AvgIpc) is 2.89. The lowest BCUT2D eigenvalue weighted by atomic mass is 9.85. The van der Waals surface area contributed by atoms with Crippen molar-refractivity contribution in [3.8, 4) is 0 Å². The number of aliphatic hydroxyl groups is 1. The van der Waals surface area contributed by atoms with Gasteiger partial charge in [-0.3, -0.25) is 9.59 Å². The van der Waals surface area contributed by atoms with Gasteiger partial charge in [0.15, 0.2) is 11.5 Å². The van der Waals surface area contributed by atoms with Crippen molar-refractivity contribution in [3.63, 3.8) is 0 Å². The molecule has 0 saturated carbocycles. The van der Waals surface area contributed by atoms with E-state index in [2.05, 4.69) is 46.8 Å². The van der Waals surface area contributed by atoms with Gasteiger partial charge in [0.25, 0.3) is 5.91 Å². The van der Waals surface area contributed by atoms with Crippen LogP contribution < -0.4 is 0 Å². The first kappa shape index (κ1) is 22.2. The van der Waals surface area contributed by atoms with Crippen molar-refractivity contribution in [1.29, 1.82) is 0 Å². The minimum atomic E-state index is -0.505. The van der Waals surface area contributed by atoms with E-state index >= 15 is 0 Å². The van der Waals surface area contributed by atoms with Crippen LogP contribution in [-0.4, -0.2) is 28.2 Å². The third-order valence-electron chi connectivity index (χ3n) is 5.77. The van der Waals surface area contributed by atoms with Gasteiger partial charge in [0.05, 0.1) is 11.6 Å². The number of unbranched alkanes of at least 4 members (excludes halogenated alkanes) is 1. The molecule has 0 bridgehead atoms. The van der Waals surface area contributed by atoms with Crippen LogP contribution >= 0.6 is 0 Å². The molecular formula is C24H35NO3. The fourth-order valence-corrected chi connectivity index (χ4v) is 3.91. The zero-order valence-electron chi connectivity index (χ0n) is 18.2. The Balaban J connectivity index is 2.41. The van der Waals surface area contributed by atoms with E-state index in [0.29, 0.717) is 12.5 Å². The summed E-state index contributed by atoms with van der Waals surface area (Å²) < 4.78 is 0. The minimum Gasteiger partial charge on any atom is -0.503 e. The summed E-state index contributed by atoms with van der Waals surface area (Å²) in [6, 6.07) is 7.58. The standard InChI is InChI=1S/C24H35NO3/c1-7-9-10-17(8-2)15-25-21(20(16(3)26)22(27)23(25)28)18-11-13-19(14-12-18)24(4,5)6/h11-14,17,21,27H,7-10,15H2,1-6H3/t17-,21+/m0/s1. The molecular weight excluding hydrogens is 350 g/mol. The summed E-state index contributed by atoms with van der Waals surface area (Å²) in [6.45, 7) is 12.7. The second-order valence-electron chi connectivity index (χ2n) is 8.97. The summed E-state index contributed by atoms with van der Waals surface area (Å²) in [5.41, 5.74) is 2.32. The van der Waals surface area contributed by atoms with Crippen LogP contribution in [0.2, 0.25) is 0 Å². The highest BCUT2D eigenvalue weighted by molar-refractivity contribution is 6.08. The Morgan fingerprint density at radius 1 is 1.18 bits per heavy atom. The number of hydrogen-bond acceptors (Lipinski definition) is 3. The van der Waals surface area contributed by atoms with Gasteiger partial charge in [0.2, 0.25) is 0 Å². The Kier molecular flexibility index (Phi) is 7.08. The number of carbonyl (C=O) groups excluding carboxylic acids is 2. The van der Waals surface area contributed by atoms with Gasteiger partial charge in [0.1, 0.15) is 0 Å². The first-order valence-corrected chi connectivity index (χ1v) is 10.5. The Morgan fingerprint density at radius 2 is 1.79 bits per heavy atom. The molecule has 1 aliphatic rings. The van der Waals surface area contributed by atoms with Crippen molar-refractivity contribution in [2.24, 2.45) is 5.92 Å². The first-order valence-electron chi connectivity index (χ1n) is 10.5. The lowest BCUT2D eigenvalue weighted by molar-refractivity contribution is -0.130. The molecule has 0 aliphatic carbocycles. The molecule has 2 rings (SSSR count). The van der Waals surface area contributed by atoms with Crippen LogP contribution in [0.15, 0.2) is 35.6 Å². The fourth-order valence-electron chi connectivity index (χ4n) is 3.91. The second-order valence-corrected chi connectivity index (χ2v) is 8.97. The van der Waals surface area contributed by atoms with Crippen LogP contribution in [0.25, 0.3) is 0 Å². The topological polar surface area (TPSA) is 57.6 Å². The molecule has 0 radical (unpaired) electrons. The molecule has 2 atom stereocenters. The number of carbonyl (C=O) groups is 2. The maximum Gasteiger partial charge on any atom is 0.290 e. The molecule has 28 heavy (non-hydrogen) atoms. The van der Waals surface area contributed by atoms with Gasteiger partial charge in [-0.2, -0.15) is 0 Å². The van der Waals surface area contributed by atoms with Crippen LogP contribution in [0.5, 0.6) is 0 Å². The van der Waals surface area contributed by atoms with E-state index in [0.717, 1.165) is 31.2 Å². The number of ketones is 1. The lowest BCUT2D eigenvalue weighted by Crippen LogP contribution is -2.35.